The maximum Gasteiger partial charge on any atom is 0.449 e. The Balaban J connectivity index is 1.03. The molecule has 6 fully saturated rings. The van der Waals surface area contributed by atoms with Crippen LogP contribution in [0.25, 0.3) is 0 Å². The number of allylic oxidation sites excluding steroid dienone is 1. The highest BCUT2D eigenvalue weighted by atomic mass is 19.4. The van der Waals surface area contributed by atoms with E-state index in [0.29, 0.717) is 44.8 Å². The second-order valence-electron chi connectivity index (χ2n) is 17.3. The van der Waals surface area contributed by atoms with Gasteiger partial charge in [-0.15, -0.1) is 0 Å². The number of aliphatic hydroxyl groups is 2. The van der Waals surface area contributed by atoms with Gasteiger partial charge in [-0.05, 0) is 107 Å². The molecular weight excluding hydrogens is 687 g/mol. The summed E-state index contributed by atoms with van der Waals surface area (Å²) < 4.78 is 82.0. The lowest BCUT2D eigenvalue weighted by Crippen LogP contribution is -2.67. The van der Waals surface area contributed by atoms with E-state index in [-0.39, 0.29) is 54.4 Å². The molecule has 5 heterocycles. The zero-order chi connectivity index (χ0) is 37.2. The van der Waals surface area contributed by atoms with E-state index in [9.17, 15) is 28.6 Å². The van der Waals surface area contributed by atoms with Crippen molar-refractivity contribution in [2.45, 2.75) is 153 Å². The van der Waals surface area contributed by atoms with Crippen molar-refractivity contribution in [2.24, 2.45) is 41.4 Å². The van der Waals surface area contributed by atoms with E-state index in [0.717, 1.165) is 38.5 Å². The summed E-state index contributed by atoms with van der Waals surface area (Å²) in [6, 6.07) is 0. The number of ether oxygens (including phenoxy) is 6. The minimum absolute atomic E-state index is 0.00164. The second-order valence-corrected chi connectivity index (χ2v) is 17.3. The monoisotopic (exact) mass is 747 g/mol. The van der Waals surface area contributed by atoms with Gasteiger partial charge in [0.05, 0.1) is 18.8 Å². The molecular formula is C38H60F3NO10. The number of alkyl halides is 3. The predicted molar refractivity (Wildman–Crippen MR) is 180 cm³/mol. The van der Waals surface area contributed by atoms with Crippen molar-refractivity contribution < 1.29 is 62.0 Å². The second kappa shape index (κ2) is 14.8. The third-order valence-electron chi connectivity index (χ3n) is 14.0. The van der Waals surface area contributed by atoms with E-state index in [1.165, 1.54) is 0 Å². The molecule has 0 radical (unpaired) electrons. The maximum absolute atomic E-state index is 14.8. The largest absolute Gasteiger partial charge is 0.456 e. The summed E-state index contributed by atoms with van der Waals surface area (Å²) in [5, 5.41) is 30.6. The van der Waals surface area contributed by atoms with Gasteiger partial charge in [0.15, 0.2) is 24.0 Å². The van der Waals surface area contributed by atoms with Crippen molar-refractivity contribution in [3.63, 3.8) is 0 Å². The first-order chi connectivity index (χ1) is 24.7. The molecule has 2 aliphatic carbocycles. The first-order valence-electron chi connectivity index (χ1n) is 19.8. The molecule has 7 rings (SSSR count). The molecule has 2 bridgehead atoms. The molecule has 0 aromatic carbocycles. The Morgan fingerprint density at radius 3 is 2.38 bits per heavy atom. The summed E-state index contributed by atoms with van der Waals surface area (Å²) in [6.45, 7) is 10.3. The van der Waals surface area contributed by atoms with Gasteiger partial charge in [0.1, 0.15) is 5.60 Å². The van der Waals surface area contributed by atoms with Crippen LogP contribution in [0.5, 0.6) is 0 Å². The average Bonchev–Trinajstić information content (AvgIpc) is 3.21. The lowest BCUT2D eigenvalue weighted by molar-refractivity contribution is -0.460. The summed E-state index contributed by atoms with van der Waals surface area (Å²) in [6.07, 6.45) is -0.975. The molecule has 3 N–H and O–H groups in total. The van der Waals surface area contributed by atoms with Crippen LogP contribution in [0.2, 0.25) is 0 Å². The molecule has 4 saturated heterocycles. The summed E-state index contributed by atoms with van der Waals surface area (Å²) in [5.41, 5.74) is -1.83. The number of fused-ring (bicyclic) bond motifs is 1. The number of aliphatic hydroxyl groups excluding tert-OH is 2. The van der Waals surface area contributed by atoms with Gasteiger partial charge in [-0.1, -0.05) is 20.8 Å². The number of unbranched alkanes of at least 4 members (excludes halogenated alkanes) is 1. The highest BCUT2D eigenvalue weighted by Gasteiger charge is 2.72. The van der Waals surface area contributed by atoms with Gasteiger partial charge in [-0.25, -0.2) is 4.89 Å². The average molecular weight is 748 g/mol. The summed E-state index contributed by atoms with van der Waals surface area (Å²) in [5.74, 6) is -1.96. The SMILES string of the molecule is C[C@H]1[C@@H](OCCCCN(CC2=C(C(F)(F)F)O[C@@H]3OC4(C)CCC5[C@H](C)CC[C@@H]2[C@]53O4)CC(O)CO)O[C@@H]2O[C@@H](C)CCC3[C@H](C)CC[C@@H]1C32OO. The van der Waals surface area contributed by atoms with E-state index in [4.69, 9.17) is 33.3 Å². The van der Waals surface area contributed by atoms with Gasteiger partial charge in [-0.2, -0.15) is 13.2 Å². The fourth-order valence-electron chi connectivity index (χ4n) is 11.5. The van der Waals surface area contributed by atoms with Crippen molar-refractivity contribution in [1.82, 2.24) is 4.90 Å². The number of rotatable bonds is 12. The molecule has 0 aromatic heterocycles. The molecule has 7 aliphatic rings. The lowest BCUT2D eigenvalue weighted by Gasteiger charge is -2.57. The van der Waals surface area contributed by atoms with Gasteiger partial charge >= 0.3 is 6.18 Å². The first kappa shape index (κ1) is 39.2. The standard InChI is InChI=1S/C38H60F3NO10/c1-21-8-11-29-24(4)32(49-33-37(29,52-45)27(21)13-10-23(3)47-33)46-17-7-6-16-42(18-25(44)20-43)19-26-30-12-9-22(2)28-14-15-35(5)50-34(36(28,30)51-35)48-31(26)38(39,40)41/h21-25,27-30,32-34,43-45H,6-20H2,1-5H3/t21-,22-,23+,24-,25?,27?,28?,29+,30+,32+,33+,34-,35?,36-,37?/m1/s1. The Bertz CT molecular complexity index is 1310. The van der Waals surface area contributed by atoms with Crippen LogP contribution >= 0.6 is 0 Å². The Kier molecular flexibility index (Phi) is 11.1. The molecule has 0 amide bonds. The van der Waals surface area contributed by atoms with Gasteiger partial charge in [0.25, 0.3) is 0 Å². The zero-order valence-electron chi connectivity index (χ0n) is 31.3. The van der Waals surface area contributed by atoms with Crippen molar-refractivity contribution >= 4 is 0 Å². The van der Waals surface area contributed by atoms with E-state index in [1.54, 1.807) is 11.8 Å². The number of halogens is 3. The van der Waals surface area contributed by atoms with Gasteiger partial charge in [0.2, 0.25) is 12.0 Å². The molecule has 2 saturated carbocycles. The van der Waals surface area contributed by atoms with Gasteiger partial charge in [-0.3, -0.25) is 10.2 Å². The van der Waals surface area contributed by atoms with Crippen molar-refractivity contribution in [3.05, 3.63) is 11.3 Å². The molecule has 298 valence electrons. The maximum atomic E-state index is 14.8. The molecule has 52 heavy (non-hydrogen) atoms. The highest BCUT2D eigenvalue weighted by molar-refractivity contribution is 5.30. The fraction of sp³-hybridized carbons (Fsp3) is 0.947. The first-order valence-corrected chi connectivity index (χ1v) is 19.8. The molecule has 5 unspecified atom stereocenters. The minimum atomic E-state index is -4.74. The topological polar surface area (TPSA) is 129 Å². The van der Waals surface area contributed by atoms with Crippen LogP contribution in [-0.2, 0) is 33.3 Å². The van der Waals surface area contributed by atoms with E-state index in [1.807, 2.05) is 6.92 Å². The molecule has 14 heteroatoms. The third-order valence-corrected chi connectivity index (χ3v) is 14.0. The smallest absolute Gasteiger partial charge is 0.449 e. The molecule has 15 atom stereocenters. The highest BCUT2D eigenvalue weighted by Crippen LogP contribution is 2.64. The van der Waals surface area contributed by atoms with Crippen LogP contribution in [0.15, 0.2) is 11.3 Å². The quantitative estimate of drug-likeness (QED) is 0.124. The molecule has 1 spiro atoms. The Labute approximate surface area is 305 Å². The summed E-state index contributed by atoms with van der Waals surface area (Å²) >= 11 is 0. The Morgan fingerprint density at radius 1 is 0.923 bits per heavy atom. The number of hydrogen-bond donors (Lipinski definition) is 3. The predicted octanol–water partition coefficient (Wildman–Crippen LogP) is 5.98. The van der Waals surface area contributed by atoms with Crippen molar-refractivity contribution in [1.29, 1.82) is 0 Å². The summed E-state index contributed by atoms with van der Waals surface area (Å²) in [7, 11) is 0. The number of hydrogen-bond acceptors (Lipinski definition) is 11. The minimum Gasteiger partial charge on any atom is -0.456 e. The summed E-state index contributed by atoms with van der Waals surface area (Å²) in [4.78, 5) is 7.18. The Morgan fingerprint density at radius 2 is 1.65 bits per heavy atom. The normalized spacial score (nSPS) is 46.3. The van der Waals surface area contributed by atoms with Crippen molar-refractivity contribution in [2.75, 3.05) is 32.8 Å². The zero-order valence-corrected chi connectivity index (χ0v) is 31.3. The van der Waals surface area contributed by atoms with Crippen molar-refractivity contribution in [3.8, 4) is 0 Å². The van der Waals surface area contributed by atoms with E-state index in [2.05, 4.69) is 20.8 Å². The van der Waals surface area contributed by atoms with E-state index >= 15 is 0 Å². The molecule has 0 aromatic rings. The van der Waals surface area contributed by atoms with Gasteiger partial charge in [0, 0.05) is 43.9 Å². The van der Waals surface area contributed by atoms with Crippen LogP contribution in [0.3, 0.4) is 0 Å². The number of nitrogens with zero attached hydrogens (tertiary/aromatic N) is 1. The third kappa shape index (κ3) is 6.66. The molecule has 5 aliphatic heterocycles. The van der Waals surface area contributed by atoms with Crippen LogP contribution in [0.1, 0.15) is 98.8 Å². The van der Waals surface area contributed by atoms with Crippen LogP contribution < -0.4 is 0 Å². The lowest BCUT2D eigenvalue weighted by atomic mass is 9.58. The van der Waals surface area contributed by atoms with Gasteiger partial charge < -0.3 is 38.6 Å². The van der Waals surface area contributed by atoms with Crippen LogP contribution in [0.4, 0.5) is 13.2 Å². The van der Waals surface area contributed by atoms with E-state index < -0.39 is 66.4 Å². The fourth-order valence-corrected chi connectivity index (χ4v) is 11.5. The van der Waals surface area contributed by atoms with Crippen LogP contribution in [-0.4, -0.2) is 107 Å². The Hall–Kier alpha value is -1.07. The molecule has 11 nitrogen and oxygen atoms in total. The van der Waals surface area contributed by atoms with Crippen LogP contribution in [0, 0.1) is 41.4 Å².